The second-order valence-electron chi connectivity index (χ2n) is 6.75. The lowest BCUT2D eigenvalue weighted by Crippen LogP contribution is -2.17. The number of rotatable bonds is 4. The Morgan fingerprint density at radius 3 is 2.67 bits per heavy atom. The molecule has 0 bridgehead atoms. The molecule has 1 N–H and O–H groups in total. The third kappa shape index (κ3) is 3.59. The molecule has 0 radical (unpaired) electrons. The van der Waals surface area contributed by atoms with Gasteiger partial charge in [0.15, 0.2) is 5.76 Å². The van der Waals surface area contributed by atoms with Gasteiger partial charge in [0.2, 0.25) is 5.95 Å². The molecule has 0 amide bonds. The van der Waals surface area contributed by atoms with Gasteiger partial charge >= 0.3 is 0 Å². The third-order valence-electron chi connectivity index (χ3n) is 3.57. The molecule has 3 aromatic heterocycles. The average Bonchev–Trinajstić information content (AvgIpc) is 2.99. The van der Waals surface area contributed by atoms with E-state index in [1.807, 2.05) is 31.3 Å². The predicted octanol–water partition coefficient (Wildman–Crippen LogP) is 3.74. The van der Waals surface area contributed by atoms with Crippen LogP contribution in [0, 0.1) is 6.92 Å². The summed E-state index contributed by atoms with van der Waals surface area (Å²) in [4.78, 5) is 13.2. The maximum absolute atomic E-state index is 5.40. The molecule has 6 heteroatoms. The Morgan fingerprint density at radius 2 is 2.04 bits per heavy atom. The van der Waals surface area contributed by atoms with E-state index in [9.17, 15) is 0 Å². The van der Waals surface area contributed by atoms with Gasteiger partial charge in [-0.05, 0) is 18.6 Å². The van der Waals surface area contributed by atoms with Crippen molar-refractivity contribution in [1.82, 2.24) is 20.1 Å². The number of nitrogens with zero attached hydrogens (tertiary/aromatic N) is 4. The molecule has 0 aliphatic heterocycles. The van der Waals surface area contributed by atoms with Crippen LogP contribution in [0.25, 0.3) is 11.3 Å². The number of hydrogen-bond acceptors (Lipinski definition) is 6. The lowest BCUT2D eigenvalue weighted by atomic mass is 9.88. The molecule has 0 unspecified atom stereocenters. The van der Waals surface area contributed by atoms with E-state index >= 15 is 0 Å². The molecule has 0 aliphatic rings. The van der Waals surface area contributed by atoms with E-state index in [4.69, 9.17) is 9.51 Å². The minimum absolute atomic E-state index is 0.149. The molecule has 0 saturated carbocycles. The van der Waals surface area contributed by atoms with E-state index in [2.05, 4.69) is 41.2 Å². The Bertz CT molecular complexity index is 821. The predicted molar refractivity (Wildman–Crippen MR) is 92.5 cm³/mol. The van der Waals surface area contributed by atoms with Crippen molar-refractivity contribution in [1.29, 1.82) is 0 Å². The second kappa shape index (κ2) is 6.39. The largest absolute Gasteiger partial charge is 0.356 e. The summed E-state index contributed by atoms with van der Waals surface area (Å²) >= 11 is 0. The molecule has 124 valence electrons. The molecule has 0 spiro atoms. The summed E-state index contributed by atoms with van der Waals surface area (Å²) in [6.45, 7) is 8.87. The van der Waals surface area contributed by atoms with Crippen molar-refractivity contribution in [2.45, 2.75) is 39.7 Å². The van der Waals surface area contributed by atoms with Gasteiger partial charge in [0, 0.05) is 36.6 Å². The molecular formula is C18H21N5O. The van der Waals surface area contributed by atoms with E-state index in [1.165, 1.54) is 0 Å². The molecule has 0 saturated heterocycles. The average molecular weight is 323 g/mol. The van der Waals surface area contributed by atoms with E-state index in [1.54, 1.807) is 12.4 Å². The van der Waals surface area contributed by atoms with E-state index in [0.717, 1.165) is 22.5 Å². The van der Waals surface area contributed by atoms with E-state index in [0.29, 0.717) is 18.3 Å². The van der Waals surface area contributed by atoms with Crippen molar-refractivity contribution in [2.24, 2.45) is 0 Å². The summed E-state index contributed by atoms with van der Waals surface area (Å²) in [5.41, 5.74) is 3.55. The van der Waals surface area contributed by atoms with Crippen molar-refractivity contribution >= 4 is 5.95 Å². The fourth-order valence-electron chi connectivity index (χ4n) is 2.39. The van der Waals surface area contributed by atoms with Gasteiger partial charge in [-0.25, -0.2) is 9.97 Å². The topological polar surface area (TPSA) is 76.7 Å². The Kier molecular flexibility index (Phi) is 4.29. The molecule has 6 nitrogen and oxygen atoms in total. The Balaban J connectivity index is 1.90. The molecule has 0 aliphatic carbocycles. The first-order chi connectivity index (χ1) is 11.4. The fraction of sp³-hybridized carbons (Fsp3) is 0.333. The van der Waals surface area contributed by atoms with Crippen molar-refractivity contribution in [3.05, 3.63) is 53.7 Å². The summed E-state index contributed by atoms with van der Waals surface area (Å²) in [5.74, 6) is 1.28. The molecule has 3 heterocycles. The fourth-order valence-corrected chi connectivity index (χ4v) is 2.39. The van der Waals surface area contributed by atoms with Crippen LogP contribution in [0.5, 0.6) is 0 Å². The number of hydrogen-bond donors (Lipinski definition) is 1. The maximum Gasteiger partial charge on any atom is 0.223 e. The van der Waals surface area contributed by atoms with Crippen molar-refractivity contribution in [3.8, 4) is 11.3 Å². The van der Waals surface area contributed by atoms with Crippen molar-refractivity contribution in [3.63, 3.8) is 0 Å². The van der Waals surface area contributed by atoms with E-state index < -0.39 is 0 Å². The van der Waals surface area contributed by atoms with Gasteiger partial charge in [0.25, 0.3) is 0 Å². The molecule has 24 heavy (non-hydrogen) atoms. The van der Waals surface area contributed by atoms with Crippen molar-refractivity contribution < 1.29 is 4.52 Å². The van der Waals surface area contributed by atoms with Crippen LogP contribution >= 0.6 is 0 Å². The third-order valence-corrected chi connectivity index (χ3v) is 3.57. The monoisotopic (exact) mass is 323 g/mol. The van der Waals surface area contributed by atoms with Gasteiger partial charge in [0.05, 0.1) is 17.0 Å². The summed E-state index contributed by atoms with van der Waals surface area (Å²) in [7, 11) is 0. The number of aryl methyl sites for hydroxylation is 1. The zero-order chi connectivity index (χ0) is 17.2. The SMILES string of the molecule is Cc1cc(-c2cnc(NCc3cccnc3)nc2C(C)(C)C)on1. The van der Waals surface area contributed by atoms with Gasteiger partial charge in [-0.2, -0.15) is 0 Å². The van der Waals surface area contributed by atoms with Gasteiger partial charge < -0.3 is 9.84 Å². The summed E-state index contributed by atoms with van der Waals surface area (Å²) < 4.78 is 5.40. The summed E-state index contributed by atoms with van der Waals surface area (Å²) in [6.07, 6.45) is 5.37. The highest BCUT2D eigenvalue weighted by atomic mass is 16.5. The number of anilines is 1. The lowest BCUT2D eigenvalue weighted by molar-refractivity contribution is 0.425. The standard InChI is InChI=1S/C18H21N5O/c1-12-8-15(24-23-12)14-11-21-17(22-16(14)18(2,3)4)20-10-13-6-5-7-19-9-13/h5-9,11H,10H2,1-4H3,(H,20,21,22). The summed E-state index contributed by atoms with van der Waals surface area (Å²) in [6, 6.07) is 5.82. The first-order valence-corrected chi connectivity index (χ1v) is 7.87. The van der Waals surface area contributed by atoms with Gasteiger partial charge in [-0.3, -0.25) is 4.98 Å². The van der Waals surface area contributed by atoms with Crippen molar-refractivity contribution in [2.75, 3.05) is 5.32 Å². The lowest BCUT2D eigenvalue weighted by Gasteiger charge is -2.21. The summed E-state index contributed by atoms with van der Waals surface area (Å²) in [5, 5.41) is 7.21. The minimum atomic E-state index is -0.149. The van der Waals surface area contributed by atoms with Crippen LogP contribution < -0.4 is 5.32 Å². The minimum Gasteiger partial charge on any atom is -0.356 e. The van der Waals surface area contributed by atoms with Gasteiger partial charge in [0.1, 0.15) is 0 Å². The van der Waals surface area contributed by atoms with Crippen LogP contribution in [0.15, 0.2) is 41.3 Å². The highest BCUT2D eigenvalue weighted by molar-refractivity contribution is 5.62. The molecule has 3 rings (SSSR count). The number of aromatic nitrogens is 4. The second-order valence-corrected chi connectivity index (χ2v) is 6.75. The van der Waals surface area contributed by atoms with Crippen LogP contribution in [0.4, 0.5) is 5.95 Å². The zero-order valence-electron chi connectivity index (χ0n) is 14.4. The smallest absolute Gasteiger partial charge is 0.223 e. The molecule has 0 atom stereocenters. The Labute approximate surface area is 141 Å². The van der Waals surface area contributed by atoms with Gasteiger partial charge in [-0.15, -0.1) is 0 Å². The van der Waals surface area contributed by atoms with Crippen LogP contribution in [0.3, 0.4) is 0 Å². The molecule has 0 aromatic carbocycles. The van der Waals surface area contributed by atoms with Crippen LogP contribution in [-0.4, -0.2) is 20.1 Å². The zero-order valence-corrected chi connectivity index (χ0v) is 14.4. The molecule has 0 fully saturated rings. The Morgan fingerprint density at radius 1 is 1.21 bits per heavy atom. The van der Waals surface area contributed by atoms with E-state index in [-0.39, 0.29) is 5.41 Å². The van der Waals surface area contributed by atoms with Crippen LogP contribution in [0.1, 0.15) is 37.7 Å². The first kappa shape index (κ1) is 16.1. The van der Waals surface area contributed by atoms with Crippen LogP contribution in [0.2, 0.25) is 0 Å². The number of nitrogens with one attached hydrogen (secondary N) is 1. The maximum atomic E-state index is 5.40. The number of pyridine rings is 1. The molecule has 3 aromatic rings. The highest BCUT2D eigenvalue weighted by Crippen LogP contribution is 2.32. The van der Waals surface area contributed by atoms with Crippen LogP contribution in [-0.2, 0) is 12.0 Å². The highest BCUT2D eigenvalue weighted by Gasteiger charge is 2.24. The quantitative estimate of drug-likeness (QED) is 0.788. The van der Waals surface area contributed by atoms with Gasteiger partial charge in [-0.1, -0.05) is 32.0 Å². The molecular weight excluding hydrogens is 302 g/mol. The first-order valence-electron chi connectivity index (χ1n) is 7.87. The normalized spacial score (nSPS) is 11.5. The Hall–Kier alpha value is -2.76.